The predicted octanol–water partition coefficient (Wildman–Crippen LogP) is 1.94. The Bertz CT molecular complexity index is 385. The lowest BCUT2D eigenvalue weighted by molar-refractivity contribution is 0.0759. The van der Waals surface area contributed by atoms with E-state index in [0.717, 1.165) is 11.3 Å². The molecule has 1 aromatic rings. The van der Waals surface area contributed by atoms with Crippen LogP contribution in [0, 0.1) is 18.3 Å². The summed E-state index contributed by atoms with van der Waals surface area (Å²) in [5.41, 5.74) is 2.55. The lowest BCUT2D eigenvalue weighted by Crippen LogP contribution is -2.12. The number of benzene rings is 1. The number of hydrogen-bond donors (Lipinski definition) is 1. The van der Waals surface area contributed by atoms with Crippen molar-refractivity contribution in [2.45, 2.75) is 6.92 Å². The second-order valence-corrected chi connectivity index (χ2v) is 3.64. The van der Waals surface area contributed by atoms with Crippen molar-refractivity contribution in [3.63, 3.8) is 0 Å². The van der Waals surface area contributed by atoms with Crippen molar-refractivity contribution < 1.29 is 9.47 Å². The van der Waals surface area contributed by atoms with Gasteiger partial charge in [0.2, 0.25) is 0 Å². The molecule has 0 spiro atoms. The van der Waals surface area contributed by atoms with Gasteiger partial charge in [-0.25, -0.2) is 0 Å². The van der Waals surface area contributed by atoms with E-state index in [1.165, 1.54) is 0 Å². The fraction of sp³-hybridized carbons (Fsp3) is 0.462. The van der Waals surface area contributed by atoms with Gasteiger partial charge in [-0.15, -0.1) is 0 Å². The molecule has 4 nitrogen and oxygen atoms in total. The summed E-state index contributed by atoms with van der Waals surface area (Å²) in [4.78, 5) is 0. The molecule has 92 valence electrons. The number of hydrogen-bond acceptors (Lipinski definition) is 4. The first-order valence-corrected chi connectivity index (χ1v) is 5.60. The van der Waals surface area contributed by atoms with Crippen LogP contribution in [0.3, 0.4) is 0 Å². The third-order valence-corrected chi connectivity index (χ3v) is 2.38. The summed E-state index contributed by atoms with van der Waals surface area (Å²) >= 11 is 0. The standard InChI is InChI=1S/C13H18N2O2/c1-11-4-3-5-13(12(11)10-14)15-6-7-17-9-8-16-2/h3-5,15H,6-9H2,1-2H3. The van der Waals surface area contributed by atoms with Gasteiger partial charge in [0.15, 0.2) is 0 Å². The van der Waals surface area contributed by atoms with E-state index in [2.05, 4.69) is 11.4 Å². The maximum atomic E-state index is 9.03. The van der Waals surface area contributed by atoms with E-state index in [1.54, 1.807) is 7.11 Å². The molecule has 0 saturated carbocycles. The Hall–Kier alpha value is -1.57. The molecule has 0 bridgehead atoms. The van der Waals surface area contributed by atoms with Crippen molar-refractivity contribution in [3.8, 4) is 6.07 Å². The van der Waals surface area contributed by atoms with Crippen molar-refractivity contribution in [1.29, 1.82) is 5.26 Å². The zero-order valence-electron chi connectivity index (χ0n) is 10.3. The lowest BCUT2D eigenvalue weighted by Gasteiger charge is -2.10. The third-order valence-electron chi connectivity index (χ3n) is 2.38. The summed E-state index contributed by atoms with van der Waals surface area (Å²) < 4.78 is 10.2. The van der Waals surface area contributed by atoms with Gasteiger partial charge in [-0.05, 0) is 18.6 Å². The zero-order valence-corrected chi connectivity index (χ0v) is 10.3. The van der Waals surface area contributed by atoms with E-state index in [1.807, 2.05) is 25.1 Å². The van der Waals surface area contributed by atoms with Crippen molar-refractivity contribution in [2.75, 3.05) is 38.8 Å². The highest BCUT2D eigenvalue weighted by molar-refractivity contribution is 5.60. The van der Waals surface area contributed by atoms with Crippen LogP contribution in [0.25, 0.3) is 0 Å². The average Bonchev–Trinajstić information content (AvgIpc) is 2.34. The van der Waals surface area contributed by atoms with Crippen LogP contribution in [0.5, 0.6) is 0 Å². The van der Waals surface area contributed by atoms with Gasteiger partial charge < -0.3 is 14.8 Å². The summed E-state index contributed by atoms with van der Waals surface area (Å²) in [6.07, 6.45) is 0. The summed E-state index contributed by atoms with van der Waals surface area (Å²) in [5, 5.41) is 12.2. The maximum Gasteiger partial charge on any atom is 0.102 e. The fourth-order valence-electron chi connectivity index (χ4n) is 1.47. The SMILES string of the molecule is COCCOCCNc1cccc(C)c1C#N. The monoisotopic (exact) mass is 234 g/mol. The minimum Gasteiger partial charge on any atom is -0.382 e. The summed E-state index contributed by atoms with van der Waals surface area (Å²) in [6.45, 7) is 4.41. The summed E-state index contributed by atoms with van der Waals surface area (Å²) in [7, 11) is 1.65. The Morgan fingerprint density at radius 1 is 1.29 bits per heavy atom. The third kappa shape index (κ3) is 4.43. The molecule has 0 amide bonds. The highest BCUT2D eigenvalue weighted by Crippen LogP contribution is 2.17. The van der Waals surface area contributed by atoms with Gasteiger partial charge in [-0.3, -0.25) is 0 Å². The molecule has 0 fully saturated rings. The fourth-order valence-corrected chi connectivity index (χ4v) is 1.47. The van der Waals surface area contributed by atoms with Crippen LogP contribution < -0.4 is 5.32 Å². The zero-order chi connectivity index (χ0) is 12.5. The Morgan fingerprint density at radius 3 is 2.82 bits per heavy atom. The number of nitrogens with zero attached hydrogens (tertiary/aromatic N) is 1. The van der Waals surface area contributed by atoms with Gasteiger partial charge in [0.05, 0.1) is 31.1 Å². The van der Waals surface area contributed by atoms with Crippen molar-refractivity contribution >= 4 is 5.69 Å². The molecule has 1 N–H and O–H groups in total. The van der Waals surface area contributed by atoms with Crippen LogP contribution in [0.2, 0.25) is 0 Å². The van der Waals surface area contributed by atoms with Gasteiger partial charge in [0.1, 0.15) is 6.07 Å². The molecule has 0 aromatic heterocycles. The highest BCUT2D eigenvalue weighted by atomic mass is 16.5. The van der Waals surface area contributed by atoms with Gasteiger partial charge >= 0.3 is 0 Å². The predicted molar refractivity (Wildman–Crippen MR) is 67.1 cm³/mol. The van der Waals surface area contributed by atoms with Gasteiger partial charge in [-0.1, -0.05) is 12.1 Å². The minimum atomic E-state index is 0.594. The van der Waals surface area contributed by atoms with Crippen molar-refractivity contribution in [3.05, 3.63) is 29.3 Å². The quantitative estimate of drug-likeness (QED) is 0.732. The van der Waals surface area contributed by atoms with E-state index in [9.17, 15) is 0 Å². The lowest BCUT2D eigenvalue weighted by atomic mass is 10.1. The van der Waals surface area contributed by atoms with E-state index < -0.39 is 0 Å². The Labute approximate surface area is 102 Å². The minimum absolute atomic E-state index is 0.594. The number of methoxy groups -OCH3 is 1. The molecular formula is C13H18N2O2. The number of nitrogens with one attached hydrogen (secondary N) is 1. The first kappa shape index (κ1) is 13.5. The number of anilines is 1. The van der Waals surface area contributed by atoms with Crippen LogP contribution in [0.15, 0.2) is 18.2 Å². The van der Waals surface area contributed by atoms with Gasteiger partial charge in [0.25, 0.3) is 0 Å². The van der Waals surface area contributed by atoms with E-state index in [0.29, 0.717) is 31.9 Å². The molecule has 0 unspecified atom stereocenters. The maximum absolute atomic E-state index is 9.03. The molecule has 17 heavy (non-hydrogen) atoms. The molecular weight excluding hydrogens is 216 g/mol. The van der Waals surface area contributed by atoms with E-state index >= 15 is 0 Å². The van der Waals surface area contributed by atoms with Gasteiger partial charge in [0, 0.05) is 13.7 Å². The second kappa shape index (κ2) is 7.66. The Balaban J connectivity index is 2.37. The highest BCUT2D eigenvalue weighted by Gasteiger charge is 2.03. The van der Waals surface area contributed by atoms with E-state index in [4.69, 9.17) is 14.7 Å². The summed E-state index contributed by atoms with van der Waals surface area (Å²) in [6, 6.07) is 7.97. The molecule has 4 heteroatoms. The van der Waals surface area contributed by atoms with Crippen LogP contribution >= 0.6 is 0 Å². The Kier molecular flexibility index (Phi) is 6.08. The van der Waals surface area contributed by atoms with Crippen LogP contribution in [0.4, 0.5) is 5.69 Å². The van der Waals surface area contributed by atoms with Crippen LogP contribution in [-0.2, 0) is 9.47 Å². The van der Waals surface area contributed by atoms with Crippen molar-refractivity contribution in [1.82, 2.24) is 0 Å². The largest absolute Gasteiger partial charge is 0.382 e. The van der Waals surface area contributed by atoms with Crippen LogP contribution in [-0.4, -0.2) is 33.5 Å². The number of rotatable bonds is 7. The second-order valence-electron chi connectivity index (χ2n) is 3.64. The molecule has 1 aromatic carbocycles. The van der Waals surface area contributed by atoms with E-state index in [-0.39, 0.29) is 0 Å². The Morgan fingerprint density at radius 2 is 2.12 bits per heavy atom. The molecule has 0 aliphatic carbocycles. The molecule has 0 aliphatic rings. The smallest absolute Gasteiger partial charge is 0.102 e. The molecule has 0 radical (unpaired) electrons. The molecule has 0 atom stereocenters. The number of ether oxygens (including phenoxy) is 2. The molecule has 0 saturated heterocycles. The average molecular weight is 234 g/mol. The normalized spacial score (nSPS) is 9.94. The van der Waals surface area contributed by atoms with Gasteiger partial charge in [-0.2, -0.15) is 5.26 Å². The molecule has 1 rings (SSSR count). The first-order valence-electron chi connectivity index (χ1n) is 5.60. The van der Waals surface area contributed by atoms with Crippen LogP contribution in [0.1, 0.15) is 11.1 Å². The first-order chi connectivity index (χ1) is 8.29. The summed E-state index contributed by atoms with van der Waals surface area (Å²) in [5.74, 6) is 0. The molecule has 0 heterocycles. The van der Waals surface area contributed by atoms with Crippen molar-refractivity contribution in [2.24, 2.45) is 0 Å². The number of nitriles is 1. The molecule has 0 aliphatic heterocycles. The number of aryl methyl sites for hydroxylation is 1. The topological polar surface area (TPSA) is 54.3 Å².